The molecule has 0 bridgehead atoms. The second-order valence-corrected chi connectivity index (χ2v) is 3.92. The molecule has 3 heteroatoms. The maximum absolute atomic E-state index is 11.8. The van der Waals surface area contributed by atoms with Crippen LogP contribution in [0.25, 0.3) is 0 Å². The first-order valence-electron chi connectivity index (χ1n) is 5.57. The Morgan fingerprint density at radius 1 is 0.778 bits per heavy atom. The highest BCUT2D eigenvalue weighted by atomic mass is 16.4. The van der Waals surface area contributed by atoms with Gasteiger partial charge in [-0.25, -0.2) is 4.79 Å². The summed E-state index contributed by atoms with van der Waals surface area (Å²) < 4.78 is 0. The van der Waals surface area contributed by atoms with Crippen molar-refractivity contribution in [2.24, 2.45) is 0 Å². The van der Waals surface area contributed by atoms with Gasteiger partial charge in [0.2, 0.25) is 0 Å². The molecule has 0 aliphatic heterocycles. The Kier molecular flexibility index (Phi) is 3.53. The molecule has 0 heterocycles. The zero-order valence-electron chi connectivity index (χ0n) is 9.61. The van der Waals surface area contributed by atoms with E-state index in [0.717, 1.165) is 0 Å². The molecule has 0 saturated heterocycles. The predicted octanol–water partition coefficient (Wildman–Crippen LogP) is 2.47. The van der Waals surface area contributed by atoms with Gasteiger partial charge in [-0.1, -0.05) is 60.7 Å². The second kappa shape index (κ2) is 5.27. The van der Waals surface area contributed by atoms with E-state index in [1.807, 2.05) is 12.1 Å². The fourth-order valence-electron chi connectivity index (χ4n) is 1.91. The number of hydrogen-bond donors (Lipinski definition) is 1. The van der Waals surface area contributed by atoms with E-state index in [1.165, 1.54) is 0 Å². The van der Waals surface area contributed by atoms with Crippen LogP contribution in [0.15, 0.2) is 60.7 Å². The van der Waals surface area contributed by atoms with Crippen molar-refractivity contribution >= 4 is 11.8 Å². The van der Waals surface area contributed by atoms with Crippen molar-refractivity contribution in [2.75, 3.05) is 0 Å². The van der Waals surface area contributed by atoms with Gasteiger partial charge in [-0.15, -0.1) is 0 Å². The number of aliphatic carboxylic acids is 1. The van der Waals surface area contributed by atoms with Crippen LogP contribution in [0, 0.1) is 0 Å². The Morgan fingerprint density at radius 3 is 1.50 bits per heavy atom. The van der Waals surface area contributed by atoms with Crippen LogP contribution in [0.5, 0.6) is 0 Å². The van der Waals surface area contributed by atoms with Crippen molar-refractivity contribution in [1.29, 1.82) is 0 Å². The van der Waals surface area contributed by atoms with Gasteiger partial charge >= 0.3 is 5.97 Å². The fraction of sp³-hybridized carbons (Fsp3) is 0.0667. The van der Waals surface area contributed by atoms with Crippen molar-refractivity contribution in [3.8, 4) is 0 Å². The van der Waals surface area contributed by atoms with Crippen LogP contribution in [0.1, 0.15) is 17.0 Å². The van der Waals surface area contributed by atoms with E-state index in [9.17, 15) is 9.59 Å². The highest BCUT2D eigenvalue weighted by Crippen LogP contribution is 2.25. The molecule has 0 fully saturated rings. The monoisotopic (exact) mass is 240 g/mol. The minimum absolute atomic E-state index is 0.691. The van der Waals surface area contributed by atoms with Crippen LogP contribution in [0.4, 0.5) is 0 Å². The maximum Gasteiger partial charge on any atom is 0.373 e. The van der Waals surface area contributed by atoms with E-state index in [2.05, 4.69) is 0 Å². The first kappa shape index (κ1) is 12.0. The summed E-state index contributed by atoms with van der Waals surface area (Å²) in [6, 6.07) is 17.9. The van der Waals surface area contributed by atoms with Crippen LogP contribution in [0.2, 0.25) is 0 Å². The minimum Gasteiger partial charge on any atom is -0.475 e. The van der Waals surface area contributed by atoms with E-state index in [-0.39, 0.29) is 0 Å². The number of ketones is 1. The minimum atomic E-state index is -1.41. The Morgan fingerprint density at radius 2 is 1.17 bits per heavy atom. The molecule has 0 aliphatic carbocycles. The second-order valence-electron chi connectivity index (χ2n) is 3.92. The Balaban J connectivity index is 2.48. The van der Waals surface area contributed by atoms with E-state index in [0.29, 0.717) is 11.1 Å². The summed E-state index contributed by atoms with van der Waals surface area (Å²) in [5, 5.41) is 8.93. The van der Waals surface area contributed by atoms with Gasteiger partial charge in [-0.2, -0.15) is 0 Å². The summed E-state index contributed by atoms with van der Waals surface area (Å²) in [4.78, 5) is 22.8. The Hall–Kier alpha value is -2.42. The average Bonchev–Trinajstić information content (AvgIpc) is 2.41. The van der Waals surface area contributed by atoms with Crippen molar-refractivity contribution < 1.29 is 14.7 Å². The molecule has 0 aliphatic rings. The fourth-order valence-corrected chi connectivity index (χ4v) is 1.91. The van der Waals surface area contributed by atoms with Crippen LogP contribution >= 0.6 is 0 Å². The molecular weight excluding hydrogens is 228 g/mol. The van der Waals surface area contributed by atoms with Gasteiger partial charge in [-0.05, 0) is 11.1 Å². The predicted molar refractivity (Wildman–Crippen MR) is 67.4 cm³/mol. The van der Waals surface area contributed by atoms with Crippen LogP contribution in [-0.4, -0.2) is 16.9 Å². The van der Waals surface area contributed by atoms with Crippen molar-refractivity contribution in [3.05, 3.63) is 71.8 Å². The summed E-state index contributed by atoms with van der Waals surface area (Å²) >= 11 is 0. The first-order chi connectivity index (χ1) is 8.70. The van der Waals surface area contributed by atoms with Crippen LogP contribution in [-0.2, 0) is 9.59 Å². The lowest BCUT2D eigenvalue weighted by Gasteiger charge is -2.14. The molecule has 2 aromatic carbocycles. The zero-order valence-corrected chi connectivity index (χ0v) is 9.61. The molecule has 90 valence electrons. The zero-order chi connectivity index (χ0) is 13.0. The Bertz CT molecular complexity index is 507. The summed E-state index contributed by atoms with van der Waals surface area (Å²) in [6.07, 6.45) is 0. The van der Waals surface area contributed by atoms with Crippen LogP contribution < -0.4 is 0 Å². The third kappa shape index (κ3) is 2.46. The van der Waals surface area contributed by atoms with Gasteiger partial charge in [0.1, 0.15) is 0 Å². The molecule has 2 rings (SSSR count). The van der Waals surface area contributed by atoms with Gasteiger partial charge in [0.05, 0.1) is 5.92 Å². The topological polar surface area (TPSA) is 54.4 Å². The third-order valence-corrected chi connectivity index (χ3v) is 2.74. The summed E-state index contributed by atoms with van der Waals surface area (Å²) in [5.41, 5.74) is 1.38. The van der Waals surface area contributed by atoms with Crippen molar-refractivity contribution in [1.82, 2.24) is 0 Å². The molecule has 2 aromatic rings. The number of carboxylic acid groups (broad SMARTS) is 1. The van der Waals surface area contributed by atoms with E-state index in [1.54, 1.807) is 48.5 Å². The lowest BCUT2D eigenvalue weighted by molar-refractivity contribution is -0.149. The number of carbonyl (C=O) groups excluding carboxylic acids is 1. The van der Waals surface area contributed by atoms with E-state index >= 15 is 0 Å². The number of benzene rings is 2. The number of carbonyl (C=O) groups is 2. The molecule has 18 heavy (non-hydrogen) atoms. The molecular formula is C15H12O3. The normalized spacial score (nSPS) is 10.3. The summed E-state index contributed by atoms with van der Waals surface area (Å²) in [7, 11) is 0. The smallest absolute Gasteiger partial charge is 0.373 e. The molecule has 0 amide bonds. The third-order valence-electron chi connectivity index (χ3n) is 2.74. The van der Waals surface area contributed by atoms with E-state index in [4.69, 9.17) is 5.11 Å². The number of carboxylic acids is 1. The molecule has 0 atom stereocenters. The van der Waals surface area contributed by atoms with Crippen LogP contribution in [0.3, 0.4) is 0 Å². The lowest BCUT2D eigenvalue weighted by Crippen LogP contribution is -2.22. The largest absolute Gasteiger partial charge is 0.475 e. The molecule has 0 saturated carbocycles. The number of hydrogen-bond acceptors (Lipinski definition) is 2. The lowest BCUT2D eigenvalue weighted by atomic mass is 9.88. The van der Waals surface area contributed by atoms with Gasteiger partial charge in [-0.3, -0.25) is 4.79 Å². The molecule has 0 radical (unpaired) electrons. The summed E-state index contributed by atoms with van der Waals surface area (Å²) in [5.74, 6) is -2.97. The van der Waals surface area contributed by atoms with Gasteiger partial charge in [0, 0.05) is 0 Å². The molecule has 0 spiro atoms. The number of Topliss-reactive ketones (excluding diaryl/α,β-unsaturated/α-hetero) is 1. The van der Waals surface area contributed by atoms with Gasteiger partial charge in [0.15, 0.2) is 0 Å². The van der Waals surface area contributed by atoms with Gasteiger partial charge < -0.3 is 5.11 Å². The van der Waals surface area contributed by atoms with E-state index < -0.39 is 17.7 Å². The molecule has 0 unspecified atom stereocenters. The standard InChI is InChI=1S/C15H12O3/c16-14(15(17)18)13(11-7-3-1-4-8-11)12-9-5-2-6-10-12/h1-10,13H,(H,17,18). The SMILES string of the molecule is O=C(O)C(=O)C(c1ccccc1)c1ccccc1. The molecule has 3 nitrogen and oxygen atoms in total. The summed E-state index contributed by atoms with van der Waals surface area (Å²) in [6.45, 7) is 0. The average molecular weight is 240 g/mol. The Labute approximate surface area is 105 Å². The first-order valence-corrected chi connectivity index (χ1v) is 5.57. The van der Waals surface area contributed by atoms with Crippen molar-refractivity contribution in [2.45, 2.75) is 5.92 Å². The quantitative estimate of drug-likeness (QED) is 0.835. The molecule has 0 aromatic heterocycles. The highest BCUT2D eigenvalue weighted by molar-refractivity contribution is 6.35. The van der Waals surface area contributed by atoms with Crippen molar-refractivity contribution in [3.63, 3.8) is 0 Å². The highest BCUT2D eigenvalue weighted by Gasteiger charge is 2.27. The molecule has 1 N–H and O–H groups in total. The number of rotatable bonds is 4. The van der Waals surface area contributed by atoms with Gasteiger partial charge in [0.25, 0.3) is 5.78 Å². The maximum atomic E-state index is 11.8.